The van der Waals surface area contributed by atoms with E-state index >= 15 is 0 Å². The average molecular weight is 380 g/mol. The van der Waals surface area contributed by atoms with Gasteiger partial charge in [0, 0.05) is 13.2 Å². The van der Waals surface area contributed by atoms with Crippen molar-refractivity contribution < 1.29 is 18.7 Å². The van der Waals surface area contributed by atoms with Gasteiger partial charge in [-0.2, -0.15) is 5.26 Å². The largest absolute Gasteiger partial charge is 0.489 e. The topological polar surface area (TPSA) is 71.3 Å². The van der Waals surface area contributed by atoms with E-state index < -0.39 is 5.91 Å². The molecule has 1 fully saturated rings. The molecule has 1 amide bonds. The molecule has 28 heavy (non-hydrogen) atoms. The number of benzene rings is 2. The van der Waals surface area contributed by atoms with Crippen molar-refractivity contribution in [1.82, 2.24) is 5.32 Å². The minimum absolute atomic E-state index is 0.0291. The molecule has 1 aliphatic rings. The summed E-state index contributed by atoms with van der Waals surface area (Å²) in [4.78, 5) is 12.2. The standard InChI is InChI=1S/C22H21FN2O3/c23-19-7-3-17(4-8-19)15-28-20-9-5-16(6-10-20)12-18(13-24)22(26)25-14-21-2-1-11-27-21/h3-10,12,21H,1-2,11,14-15H2,(H,25,26). The fourth-order valence-electron chi connectivity index (χ4n) is 2.83. The van der Waals surface area contributed by atoms with Gasteiger partial charge in [-0.1, -0.05) is 24.3 Å². The summed E-state index contributed by atoms with van der Waals surface area (Å²) in [6.07, 6.45) is 3.48. The molecule has 0 saturated carbocycles. The summed E-state index contributed by atoms with van der Waals surface area (Å²) >= 11 is 0. The lowest BCUT2D eigenvalue weighted by atomic mass is 10.1. The molecule has 0 spiro atoms. The van der Waals surface area contributed by atoms with E-state index in [1.807, 2.05) is 6.07 Å². The molecule has 1 saturated heterocycles. The first-order chi connectivity index (χ1) is 13.6. The summed E-state index contributed by atoms with van der Waals surface area (Å²) < 4.78 is 24.0. The maximum atomic E-state index is 12.9. The minimum atomic E-state index is -0.408. The lowest BCUT2D eigenvalue weighted by Crippen LogP contribution is -2.32. The predicted molar refractivity (Wildman–Crippen MR) is 103 cm³/mol. The van der Waals surface area contributed by atoms with Crippen molar-refractivity contribution >= 4 is 12.0 Å². The Morgan fingerprint density at radius 3 is 2.64 bits per heavy atom. The Hall–Kier alpha value is -3.17. The molecule has 3 rings (SSSR count). The first-order valence-electron chi connectivity index (χ1n) is 9.13. The van der Waals surface area contributed by atoms with Crippen molar-refractivity contribution in [1.29, 1.82) is 5.26 Å². The summed E-state index contributed by atoms with van der Waals surface area (Å²) in [5, 5.41) is 12.0. The fourth-order valence-corrected chi connectivity index (χ4v) is 2.83. The number of ether oxygens (including phenoxy) is 2. The van der Waals surface area contributed by atoms with Crippen LogP contribution in [0.25, 0.3) is 6.08 Å². The van der Waals surface area contributed by atoms with E-state index in [-0.39, 0.29) is 17.5 Å². The molecule has 2 aromatic rings. The molecule has 1 heterocycles. The summed E-state index contributed by atoms with van der Waals surface area (Å²) in [6.45, 7) is 1.45. The Morgan fingerprint density at radius 1 is 1.25 bits per heavy atom. The molecular weight excluding hydrogens is 359 g/mol. The van der Waals surface area contributed by atoms with Crippen LogP contribution in [0.5, 0.6) is 5.75 Å². The molecule has 6 heteroatoms. The highest BCUT2D eigenvalue weighted by Crippen LogP contribution is 2.17. The van der Waals surface area contributed by atoms with Crippen molar-refractivity contribution in [2.45, 2.75) is 25.6 Å². The number of hydrogen-bond donors (Lipinski definition) is 1. The SMILES string of the molecule is N#CC(=Cc1ccc(OCc2ccc(F)cc2)cc1)C(=O)NCC1CCCO1. The lowest BCUT2D eigenvalue weighted by Gasteiger charge is -2.10. The minimum Gasteiger partial charge on any atom is -0.489 e. The third-order valence-corrected chi connectivity index (χ3v) is 4.39. The molecule has 2 aromatic carbocycles. The van der Waals surface area contributed by atoms with Crippen LogP contribution in [0.3, 0.4) is 0 Å². The molecule has 5 nitrogen and oxygen atoms in total. The maximum absolute atomic E-state index is 12.9. The van der Waals surface area contributed by atoms with Crippen LogP contribution in [-0.4, -0.2) is 25.2 Å². The number of carbonyl (C=O) groups excluding carboxylic acids is 1. The third kappa shape index (κ3) is 5.66. The normalized spacial score (nSPS) is 16.4. The zero-order valence-corrected chi connectivity index (χ0v) is 15.4. The highest BCUT2D eigenvalue weighted by Gasteiger charge is 2.17. The molecule has 0 aliphatic carbocycles. The van der Waals surface area contributed by atoms with Crippen molar-refractivity contribution in [3.05, 3.63) is 71.0 Å². The van der Waals surface area contributed by atoms with E-state index in [0.29, 0.717) is 18.9 Å². The maximum Gasteiger partial charge on any atom is 0.262 e. The zero-order valence-electron chi connectivity index (χ0n) is 15.4. The van der Waals surface area contributed by atoms with E-state index in [4.69, 9.17) is 9.47 Å². The molecule has 0 bridgehead atoms. The van der Waals surface area contributed by atoms with Crippen molar-refractivity contribution in [2.24, 2.45) is 0 Å². The monoisotopic (exact) mass is 380 g/mol. The first kappa shape index (κ1) is 19.6. The van der Waals surface area contributed by atoms with Crippen LogP contribution in [0.1, 0.15) is 24.0 Å². The van der Waals surface area contributed by atoms with Gasteiger partial charge < -0.3 is 14.8 Å². The molecule has 0 radical (unpaired) electrons. The molecule has 0 aromatic heterocycles. The van der Waals surface area contributed by atoms with Crippen molar-refractivity contribution in [3.63, 3.8) is 0 Å². The Morgan fingerprint density at radius 2 is 2.00 bits per heavy atom. The van der Waals surface area contributed by atoms with Gasteiger partial charge in [-0.15, -0.1) is 0 Å². The van der Waals surface area contributed by atoms with Gasteiger partial charge >= 0.3 is 0 Å². The number of amides is 1. The van der Waals surface area contributed by atoms with Crippen LogP contribution in [-0.2, 0) is 16.1 Å². The molecule has 144 valence electrons. The highest BCUT2D eigenvalue weighted by atomic mass is 19.1. The summed E-state index contributed by atoms with van der Waals surface area (Å²) in [7, 11) is 0. The van der Waals surface area contributed by atoms with Gasteiger partial charge in [0.15, 0.2) is 0 Å². The number of nitrogens with zero attached hydrogens (tertiary/aromatic N) is 1. The van der Waals surface area contributed by atoms with Crippen LogP contribution >= 0.6 is 0 Å². The number of carbonyl (C=O) groups is 1. The highest BCUT2D eigenvalue weighted by molar-refractivity contribution is 6.01. The smallest absolute Gasteiger partial charge is 0.262 e. The number of rotatable bonds is 7. The van der Waals surface area contributed by atoms with Gasteiger partial charge in [0.2, 0.25) is 0 Å². The Labute approximate surface area is 163 Å². The average Bonchev–Trinajstić information content (AvgIpc) is 3.24. The van der Waals surface area contributed by atoms with Crippen LogP contribution in [0.15, 0.2) is 54.1 Å². The molecule has 1 unspecified atom stereocenters. The molecule has 1 N–H and O–H groups in total. The van der Waals surface area contributed by atoms with Gasteiger partial charge in [0.1, 0.15) is 29.8 Å². The predicted octanol–water partition coefficient (Wildman–Crippen LogP) is 3.61. The summed E-state index contributed by atoms with van der Waals surface area (Å²) in [6, 6.07) is 15.1. The van der Waals surface area contributed by atoms with Crippen LogP contribution in [0, 0.1) is 17.1 Å². The van der Waals surface area contributed by atoms with E-state index in [9.17, 15) is 14.4 Å². The Kier molecular flexibility index (Phi) is 6.77. The second-order valence-corrected chi connectivity index (χ2v) is 6.50. The number of nitriles is 1. The van der Waals surface area contributed by atoms with E-state index in [0.717, 1.165) is 30.6 Å². The van der Waals surface area contributed by atoms with Crippen LogP contribution in [0.2, 0.25) is 0 Å². The van der Waals surface area contributed by atoms with E-state index in [1.165, 1.54) is 18.2 Å². The lowest BCUT2D eigenvalue weighted by molar-refractivity contribution is -0.117. The van der Waals surface area contributed by atoms with Crippen molar-refractivity contribution in [2.75, 3.05) is 13.2 Å². The summed E-state index contributed by atoms with van der Waals surface area (Å²) in [5.41, 5.74) is 1.62. The number of nitrogens with one attached hydrogen (secondary N) is 1. The van der Waals surface area contributed by atoms with E-state index in [1.54, 1.807) is 36.4 Å². The number of hydrogen-bond acceptors (Lipinski definition) is 4. The molecular formula is C22H21FN2O3. The first-order valence-corrected chi connectivity index (χ1v) is 9.13. The fraction of sp³-hybridized carbons (Fsp3) is 0.273. The Balaban J connectivity index is 1.55. The molecule has 1 atom stereocenters. The van der Waals surface area contributed by atoms with Gasteiger partial charge in [-0.25, -0.2) is 4.39 Å². The van der Waals surface area contributed by atoms with E-state index in [2.05, 4.69) is 5.32 Å². The quantitative estimate of drug-likeness (QED) is 0.588. The van der Waals surface area contributed by atoms with Crippen molar-refractivity contribution in [3.8, 4) is 11.8 Å². The van der Waals surface area contributed by atoms with Crippen LogP contribution < -0.4 is 10.1 Å². The zero-order chi connectivity index (χ0) is 19.8. The van der Waals surface area contributed by atoms with Gasteiger partial charge in [-0.3, -0.25) is 4.79 Å². The van der Waals surface area contributed by atoms with Gasteiger partial charge in [-0.05, 0) is 54.3 Å². The second kappa shape index (κ2) is 9.67. The third-order valence-electron chi connectivity index (χ3n) is 4.39. The van der Waals surface area contributed by atoms with Crippen LogP contribution in [0.4, 0.5) is 4.39 Å². The number of halogens is 1. The van der Waals surface area contributed by atoms with Gasteiger partial charge in [0.05, 0.1) is 6.10 Å². The van der Waals surface area contributed by atoms with Gasteiger partial charge in [0.25, 0.3) is 5.91 Å². The Bertz CT molecular complexity index is 864. The molecule has 1 aliphatic heterocycles. The second-order valence-electron chi connectivity index (χ2n) is 6.50. The summed E-state index contributed by atoms with van der Waals surface area (Å²) in [5.74, 6) is -0.0505.